The van der Waals surface area contributed by atoms with Crippen molar-refractivity contribution in [1.29, 1.82) is 0 Å². The average molecular weight is 280 g/mol. The third-order valence-electron chi connectivity index (χ3n) is 3.45. The summed E-state index contributed by atoms with van der Waals surface area (Å²) in [7, 11) is 0. The summed E-state index contributed by atoms with van der Waals surface area (Å²) in [5, 5.41) is 0.524. The minimum atomic E-state index is -1.86. The maximum Gasteiger partial charge on any atom is 0.172 e. The molecule has 5 heteroatoms. The maximum absolute atomic E-state index is 5.99. The van der Waals surface area contributed by atoms with Gasteiger partial charge >= 0.3 is 0 Å². The lowest BCUT2D eigenvalue weighted by Gasteiger charge is -2.37. The smallest absolute Gasteiger partial charge is 0.172 e. The zero-order chi connectivity index (χ0) is 11.3. The quantitative estimate of drug-likeness (QED) is 0.433. The third-order valence-corrected chi connectivity index (χ3v) is 9.19. The van der Waals surface area contributed by atoms with Gasteiger partial charge in [0.05, 0.1) is 5.60 Å². The van der Waals surface area contributed by atoms with E-state index in [0.29, 0.717) is 11.2 Å². The topological polar surface area (TPSA) is 9.23 Å². The van der Waals surface area contributed by atoms with E-state index in [1.54, 1.807) is 11.4 Å². The molecule has 4 atom stereocenters. The molecule has 0 spiro atoms. The van der Waals surface area contributed by atoms with Crippen LogP contribution in [0.4, 0.5) is 0 Å². The predicted octanol–water partition coefficient (Wildman–Crippen LogP) is 4.41. The molecule has 0 aromatic heterocycles. The fourth-order valence-corrected chi connectivity index (χ4v) is 9.85. The van der Waals surface area contributed by atoms with Crippen molar-refractivity contribution in [2.45, 2.75) is 44.0 Å². The van der Waals surface area contributed by atoms with Gasteiger partial charge in [0.1, 0.15) is 0 Å². The molecule has 15 heavy (non-hydrogen) atoms. The molecule has 2 aliphatic rings. The van der Waals surface area contributed by atoms with E-state index in [0.717, 1.165) is 12.8 Å². The highest BCUT2D eigenvalue weighted by molar-refractivity contribution is 8.95. The Labute approximate surface area is 106 Å². The molecule has 0 radical (unpaired) electrons. The van der Waals surface area contributed by atoms with Crippen LogP contribution in [0.3, 0.4) is 0 Å². The normalized spacial score (nSPS) is 50.1. The van der Waals surface area contributed by atoms with Crippen LogP contribution < -0.4 is 0 Å². The van der Waals surface area contributed by atoms with E-state index in [1.165, 1.54) is 12.0 Å². The summed E-state index contributed by atoms with van der Waals surface area (Å²) >= 11 is 11.7. The molecule has 0 unspecified atom stereocenters. The van der Waals surface area contributed by atoms with Crippen molar-refractivity contribution in [1.82, 2.24) is 0 Å². The van der Waals surface area contributed by atoms with E-state index < -0.39 is 4.67 Å². The first-order chi connectivity index (χ1) is 6.82. The molecule has 2 rings (SSSR count). The standard InChI is InChI=1S/C10H17OPS3/c1-7(2)8-4-5-10(3)9(6-8)15-12(13,14)11-10/h8-9H,1,4-6H2,2-3H3,(H,13,14)/t8-,9+,10+/m1/s1. The summed E-state index contributed by atoms with van der Waals surface area (Å²) in [5.74, 6) is 0.653. The van der Waals surface area contributed by atoms with E-state index in [1.807, 2.05) is 0 Å². The molecule has 1 saturated carbocycles. The zero-order valence-electron chi connectivity index (χ0n) is 9.10. The van der Waals surface area contributed by atoms with Crippen LogP contribution in [0.5, 0.6) is 0 Å². The molecule has 1 saturated heterocycles. The molecule has 0 bridgehead atoms. The Morgan fingerprint density at radius 2 is 2.40 bits per heavy atom. The third kappa shape index (κ3) is 2.50. The number of fused-ring (bicyclic) bond motifs is 1. The molecule has 1 aliphatic heterocycles. The molecular formula is C10H17OPS3. The van der Waals surface area contributed by atoms with Crippen LogP contribution in [-0.4, -0.2) is 10.9 Å². The van der Waals surface area contributed by atoms with Gasteiger partial charge in [-0.25, -0.2) is 0 Å². The Kier molecular flexibility index (Phi) is 3.39. The first kappa shape index (κ1) is 12.5. The van der Waals surface area contributed by atoms with Crippen LogP contribution in [-0.2, 0) is 16.3 Å². The van der Waals surface area contributed by atoms with Crippen LogP contribution in [0.15, 0.2) is 12.2 Å². The summed E-state index contributed by atoms with van der Waals surface area (Å²) < 4.78 is 4.14. The van der Waals surface area contributed by atoms with E-state index >= 15 is 0 Å². The van der Waals surface area contributed by atoms with Gasteiger partial charge in [0, 0.05) is 5.25 Å². The second kappa shape index (κ2) is 4.06. The van der Waals surface area contributed by atoms with Crippen molar-refractivity contribution < 1.29 is 4.52 Å². The number of hydrogen-bond donors (Lipinski definition) is 1. The largest absolute Gasteiger partial charge is 0.327 e. The SMILES string of the molecule is C=C(C)[C@@H]1CC[C@]2(C)O[P@](=S)(S)S[C@H]2C1. The summed E-state index contributed by atoms with van der Waals surface area (Å²) in [4.78, 5) is 0. The number of allylic oxidation sites excluding steroid dienone is 1. The summed E-state index contributed by atoms with van der Waals surface area (Å²) in [6, 6.07) is 0. The molecule has 1 aliphatic carbocycles. The van der Waals surface area contributed by atoms with E-state index in [2.05, 4.69) is 32.7 Å². The highest BCUT2D eigenvalue weighted by Crippen LogP contribution is 2.76. The second-order valence-electron chi connectivity index (χ2n) is 4.78. The van der Waals surface area contributed by atoms with Gasteiger partial charge in [-0.05, 0) is 50.8 Å². The minimum absolute atomic E-state index is 0.0199. The Balaban J connectivity index is 2.16. The Morgan fingerprint density at radius 1 is 1.73 bits per heavy atom. The molecule has 0 aromatic carbocycles. The van der Waals surface area contributed by atoms with E-state index in [9.17, 15) is 0 Å². The zero-order valence-corrected chi connectivity index (χ0v) is 12.5. The van der Waals surface area contributed by atoms with Gasteiger partial charge in [-0.1, -0.05) is 23.5 Å². The van der Waals surface area contributed by atoms with Crippen LogP contribution in [0.1, 0.15) is 33.1 Å². The fraction of sp³-hybridized carbons (Fsp3) is 0.800. The maximum atomic E-state index is 5.99. The fourth-order valence-electron chi connectivity index (χ4n) is 2.40. The van der Waals surface area contributed by atoms with Gasteiger partial charge in [-0.15, -0.1) is 12.2 Å². The predicted molar refractivity (Wildman–Crippen MR) is 76.3 cm³/mol. The van der Waals surface area contributed by atoms with Crippen LogP contribution in [0.2, 0.25) is 0 Å². The highest BCUT2D eigenvalue weighted by Gasteiger charge is 2.51. The highest BCUT2D eigenvalue weighted by atomic mass is 33.2. The molecule has 2 fully saturated rings. The monoisotopic (exact) mass is 280 g/mol. The molecule has 0 N–H and O–H groups in total. The van der Waals surface area contributed by atoms with Gasteiger partial charge in [0.15, 0.2) is 4.67 Å². The summed E-state index contributed by atoms with van der Waals surface area (Å²) in [6.07, 6.45) is 3.45. The van der Waals surface area contributed by atoms with Crippen molar-refractivity contribution in [2.24, 2.45) is 5.92 Å². The average Bonchev–Trinajstić information content (AvgIpc) is 2.31. The van der Waals surface area contributed by atoms with Gasteiger partial charge in [-0.3, -0.25) is 0 Å². The Hall–Kier alpha value is 1.05. The molecular weight excluding hydrogens is 263 g/mol. The summed E-state index contributed by atoms with van der Waals surface area (Å²) in [6.45, 7) is 8.39. The Morgan fingerprint density at radius 3 is 3.00 bits per heavy atom. The van der Waals surface area contributed by atoms with Gasteiger partial charge < -0.3 is 4.52 Å². The molecule has 0 amide bonds. The van der Waals surface area contributed by atoms with Gasteiger partial charge in [-0.2, -0.15) is 0 Å². The van der Waals surface area contributed by atoms with Crippen molar-refractivity contribution in [3.05, 3.63) is 12.2 Å². The lowest BCUT2D eigenvalue weighted by molar-refractivity contribution is 0.0696. The van der Waals surface area contributed by atoms with E-state index in [4.69, 9.17) is 16.3 Å². The number of rotatable bonds is 1. The number of thiol groups is 1. The van der Waals surface area contributed by atoms with Crippen LogP contribution in [0, 0.1) is 5.92 Å². The number of hydrogen-bond acceptors (Lipinski definition) is 3. The van der Waals surface area contributed by atoms with Crippen molar-refractivity contribution in [3.63, 3.8) is 0 Å². The molecule has 1 heterocycles. The van der Waals surface area contributed by atoms with Crippen molar-refractivity contribution >= 4 is 40.1 Å². The van der Waals surface area contributed by atoms with Gasteiger partial charge in [0.2, 0.25) is 0 Å². The molecule has 1 nitrogen and oxygen atoms in total. The van der Waals surface area contributed by atoms with Gasteiger partial charge in [0.25, 0.3) is 0 Å². The minimum Gasteiger partial charge on any atom is -0.327 e. The van der Waals surface area contributed by atoms with Crippen molar-refractivity contribution in [2.75, 3.05) is 0 Å². The summed E-state index contributed by atoms with van der Waals surface area (Å²) in [5.41, 5.74) is 1.28. The van der Waals surface area contributed by atoms with Crippen LogP contribution in [0.25, 0.3) is 0 Å². The first-order valence-electron chi connectivity index (χ1n) is 5.20. The Bertz CT molecular complexity index is 344. The molecule has 0 aromatic rings. The van der Waals surface area contributed by atoms with Crippen LogP contribution >= 0.6 is 28.3 Å². The van der Waals surface area contributed by atoms with E-state index in [-0.39, 0.29) is 5.60 Å². The second-order valence-corrected chi connectivity index (χ2v) is 14.4. The lowest BCUT2D eigenvalue weighted by atomic mass is 9.77. The lowest BCUT2D eigenvalue weighted by Crippen LogP contribution is -2.40. The first-order valence-corrected chi connectivity index (χ1v) is 10.6. The molecule has 86 valence electrons. The van der Waals surface area contributed by atoms with Crippen molar-refractivity contribution in [3.8, 4) is 0 Å².